The van der Waals surface area contributed by atoms with Crippen LogP contribution >= 0.6 is 0 Å². The Balaban J connectivity index is 1.51. The smallest absolute Gasteiger partial charge is 0.345 e. The number of aryl methyl sites for hydroxylation is 1. The monoisotopic (exact) mass is 446 g/mol. The highest BCUT2D eigenvalue weighted by atomic mass is 16.5. The van der Waals surface area contributed by atoms with Crippen molar-refractivity contribution < 1.29 is 14.3 Å². The second-order valence-corrected chi connectivity index (χ2v) is 8.23. The molecule has 33 heavy (non-hydrogen) atoms. The Morgan fingerprint density at radius 3 is 2.00 bits per heavy atom. The van der Waals surface area contributed by atoms with Gasteiger partial charge in [0.2, 0.25) is 0 Å². The van der Waals surface area contributed by atoms with Crippen LogP contribution in [0.4, 0.5) is 0 Å². The van der Waals surface area contributed by atoms with E-state index in [-0.39, 0.29) is 6.01 Å². The molecule has 0 fully saturated rings. The Hall–Kier alpha value is -3.21. The van der Waals surface area contributed by atoms with Crippen LogP contribution in [0.25, 0.3) is 11.1 Å². The first-order valence-electron chi connectivity index (χ1n) is 12.1. The lowest BCUT2D eigenvalue weighted by Crippen LogP contribution is -2.10. The van der Waals surface area contributed by atoms with Crippen LogP contribution in [0.5, 0.6) is 11.8 Å². The number of hydrogen-bond acceptors (Lipinski definition) is 5. The molecule has 1 aromatic heterocycles. The minimum Gasteiger partial charge on any atom is -0.494 e. The van der Waals surface area contributed by atoms with Crippen LogP contribution in [0.15, 0.2) is 60.9 Å². The van der Waals surface area contributed by atoms with E-state index in [0.717, 1.165) is 48.3 Å². The maximum Gasteiger partial charge on any atom is 0.345 e. The number of esters is 1. The zero-order valence-electron chi connectivity index (χ0n) is 19.8. The van der Waals surface area contributed by atoms with Crippen molar-refractivity contribution in [3.8, 4) is 22.9 Å². The molecular weight excluding hydrogens is 412 g/mol. The maximum absolute atomic E-state index is 12.4. The van der Waals surface area contributed by atoms with Crippen molar-refractivity contribution in [3.05, 3.63) is 72.1 Å². The van der Waals surface area contributed by atoms with Gasteiger partial charge in [-0.2, -0.15) is 0 Å². The normalized spacial score (nSPS) is 10.7. The molecule has 0 aliphatic carbocycles. The van der Waals surface area contributed by atoms with E-state index in [0.29, 0.717) is 5.56 Å². The minimum atomic E-state index is -0.466. The van der Waals surface area contributed by atoms with E-state index in [2.05, 4.69) is 23.8 Å². The predicted molar refractivity (Wildman–Crippen MR) is 132 cm³/mol. The quantitative estimate of drug-likeness (QED) is 0.208. The van der Waals surface area contributed by atoms with Crippen LogP contribution < -0.4 is 9.47 Å². The number of nitrogens with zero attached hydrogens (tertiary/aromatic N) is 2. The van der Waals surface area contributed by atoms with Gasteiger partial charge in [0.25, 0.3) is 0 Å². The SMILES string of the molecule is CCCCCCOc1ccc(-c2ccc(C(=O)Oc3ncc(CCCCC)cn3)cc2)cc1. The number of ether oxygens (including phenoxy) is 2. The van der Waals surface area contributed by atoms with Gasteiger partial charge in [0, 0.05) is 12.4 Å². The third-order valence-electron chi connectivity index (χ3n) is 5.51. The molecule has 0 spiro atoms. The van der Waals surface area contributed by atoms with Gasteiger partial charge in [-0.3, -0.25) is 0 Å². The van der Waals surface area contributed by atoms with Gasteiger partial charge in [-0.15, -0.1) is 0 Å². The minimum absolute atomic E-state index is 0.0774. The number of unbranched alkanes of at least 4 members (excludes halogenated alkanes) is 5. The second-order valence-electron chi connectivity index (χ2n) is 8.23. The van der Waals surface area contributed by atoms with Crippen molar-refractivity contribution in [2.45, 2.75) is 65.2 Å². The van der Waals surface area contributed by atoms with Crippen molar-refractivity contribution in [2.24, 2.45) is 0 Å². The molecule has 2 aromatic carbocycles. The molecule has 0 saturated carbocycles. The third-order valence-corrected chi connectivity index (χ3v) is 5.51. The molecule has 0 atom stereocenters. The van der Waals surface area contributed by atoms with Crippen molar-refractivity contribution in [1.82, 2.24) is 9.97 Å². The van der Waals surface area contributed by atoms with Crippen molar-refractivity contribution >= 4 is 5.97 Å². The van der Waals surface area contributed by atoms with E-state index in [1.165, 1.54) is 32.1 Å². The first kappa shape index (κ1) is 24.4. The lowest BCUT2D eigenvalue weighted by atomic mass is 10.0. The van der Waals surface area contributed by atoms with Gasteiger partial charge in [-0.05, 0) is 60.2 Å². The van der Waals surface area contributed by atoms with Crippen LogP contribution in [0.2, 0.25) is 0 Å². The summed E-state index contributed by atoms with van der Waals surface area (Å²) in [4.78, 5) is 20.8. The van der Waals surface area contributed by atoms with Gasteiger partial charge in [0.15, 0.2) is 0 Å². The van der Waals surface area contributed by atoms with Crippen LogP contribution in [0, 0.1) is 0 Å². The molecule has 174 valence electrons. The van der Waals surface area contributed by atoms with Crippen molar-refractivity contribution in [1.29, 1.82) is 0 Å². The number of benzene rings is 2. The van der Waals surface area contributed by atoms with Crippen molar-refractivity contribution in [2.75, 3.05) is 6.61 Å². The molecule has 3 aromatic rings. The number of carbonyl (C=O) groups excluding carboxylic acids is 1. The molecule has 5 nitrogen and oxygen atoms in total. The summed E-state index contributed by atoms with van der Waals surface area (Å²) in [6.45, 7) is 5.13. The Labute approximate surface area is 197 Å². The van der Waals surface area contributed by atoms with E-state index in [1.54, 1.807) is 24.5 Å². The largest absolute Gasteiger partial charge is 0.494 e. The molecule has 0 aliphatic rings. The molecule has 0 bridgehead atoms. The zero-order chi connectivity index (χ0) is 23.3. The standard InChI is InChI=1S/C28H34N2O3/c1-3-5-7-9-19-32-26-17-15-24(16-18-26)23-11-13-25(14-12-23)27(31)33-28-29-20-22(21-30-28)10-8-6-4-2/h11-18,20-21H,3-10,19H2,1-2H3. The fourth-order valence-corrected chi connectivity index (χ4v) is 3.51. The molecule has 0 radical (unpaired) electrons. The number of rotatable bonds is 13. The van der Waals surface area contributed by atoms with Crippen LogP contribution in [0.1, 0.15) is 74.7 Å². The Morgan fingerprint density at radius 1 is 0.758 bits per heavy atom. The first-order valence-corrected chi connectivity index (χ1v) is 12.1. The summed E-state index contributed by atoms with van der Waals surface area (Å²) in [7, 11) is 0. The fourth-order valence-electron chi connectivity index (χ4n) is 3.51. The molecule has 0 N–H and O–H groups in total. The molecule has 1 heterocycles. The number of hydrogen-bond donors (Lipinski definition) is 0. The van der Waals surface area contributed by atoms with Crippen molar-refractivity contribution in [3.63, 3.8) is 0 Å². The highest BCUT2D eigenvalue weighted by molar-refractivity contribution is 5.91. The summed E-state index contributed by atoms with van der Waals surface area (Å²) in [5.74, 6) is 0.416. The van der Waals surface area contributed by atoms with Gasteiger partial charge in [-0.25, -0.2) is 14.8 Å². The Kier molecular flexibility index (Phi) is 9.89. The van der Waals surface area contributed by atoms with Crippen LogP contribution in [0.3, 0.4) is 0 Å². The second kappa shape index (κ2) is 13.4. The van der Waals surface area contributed by atoms with Gasteiger partial charge in [-0.1, -0.05) is 70.2 Å². The lowest BCUT2D eigenvalue weighted by Gasteiger charge is -2.08. The average Bonchev–Trinajstić information content (AvgIpc) is 2.86. The molecular formula is C28H34N2O3. The molecule has 0 aliphatic heterocycles. The zero-order valence-corrected chi connectivity index (χ0v) is 19.8. The van der Waals surface area contributed by atoms with Gasteiger partial charge >= 0.3 is 12.0 Å². The molecule has 5 heteroatoms. The highest BCUT2D eigenvalue weighted by Gasteiger charge is 2.11. The fraction of sp³-hybridized carbons (Fsp3) is 0.393. The van der Waals surface area contributed by atoms with Gasteiger partial charge < -0.3 is 9.47 Å². The molecule has 0 saturated heterocycles. The summed E-state index contributed by atoms with van der Waals surface area (Å²) >= 11 is 0. The molecule has 0 amide bonds. The molecule has 0 unspecified atom stereocenters. The Bertz CT molecular complexity index is 968. The average molecular weight is 447 g/mol. The topological polar surface area (TPSA) is 61.3 Å². The summed E-state index contributed by atoms with van der Waals surface area (Å²) in [6, 6.07) is 15.5. The van der Waals surface area contributed by atoms with E-state index in [4.69, 9.17) is 9.47 Å². The number of aromatic nitrogens is 2. The first-order chi connectivity index (χ1) is 16.2. The predicted octanol–water partition coefficient (Wildman–Crippen LogP) is 7.05. The van der Waals surface area contributed by atoms with E-state index < -0.39 is 5.97 Å². The van der Waals surface area contributed by atoms with E-state index in [1.807, 2.05) is 36.4 Å². The summed E-state index contributed by atoms with van der Waals surface area (Å²) in [6.07, 6.45) is 12.6. The van der Waals surface area contributed by atoms with E-state index in [9.17, 15) is 4.79 Å². The third kappa shape index (κ3) is 8.01. The summed E-state index contributed by atoms with van der Waals surface area (Å²) < 4.78 is 11.1. The maximum atomic E-state index is 12.4. The van der Waals surface area contributed by atoms with Gasteiger partial charge in [0.05, 0.1) is 12.2 Å². The van der Waals surface area contributed by atoms with Crippen LogP contribution in [-0.4, -0.2) is 22.5 Å². The number of carbonyl (C=O) groups is 1. The Morgan fingerprint density at radius 2 is 1.36 bits per heavy atom. The molecule has 3 rings (SSSR count). The lowest BCUT2D eigenvalue weighted by molar-refractivity contribution is 0.0719. The van der Waals surface area contributed by atoms with Gasteiger partial charge in [0.1, 0.15) is 5.75 Å². The van der Waals surface area contributed by atoms with Crippen LogP contribution in [-0.2, 0) is 6.42 Å². The highest BCUT2D eigenvalue weighted by Crippen LogP contribution is 2.23. The summed E-state index contributed by atoms with van der Waals surface area (Å²) in [5.41, 5.74) is 3.60. The summed E-state index contributed by atoms with van der Waals surface area (Å²) in [5, 5.41) is 0. The van der Waals surface area contributed by atoms with E-state index >= 15 is 0 Å².